The SMILES string of the molecule is Cc1ccc(CN(C(=O)CN(c2ccc(F)c(F)c2)S(C)(=O)=O)C(Cc2ccccc2)C(=O)NC2CCCC2)cc1. The summed E-state index contributed by atoms with van der Waals surface area (Å²) in [5, 5.41) is 3.10. The zero-order chi connectivity index (χ0) is 29.6. The van der Waals surface area contributed by atoms with Crippen LogP contribution >= 0.6 is 0 Å². The van der Waals surface area contributed by atoms with Gasteiger partial charge in [-0.25, -0.2) is 17.2 Å². The van der Waals surface area contributed by atoms with E-state index in [0.29, 0.717) is 0 Å². The van der Waals surface area contributed by atoms with Gasteiger partial charge < -0.3 is 10.2 Å². The third-order valence-corrected chi connectivity index (χ3v) is 8.46. The average molecular weight is 584 g/mol. The summed E-state index contributed by atoms with van der Waals surface area (Å²) in [7, 11) is -4.08. The first-order valence-electron chi connectivity index (χ1n) is 13.6. The van der Waals surface area contributed by atoms with E-state index >= 15 is 0 Å². The van der Waals surface area contributed by atoms with E-state index in [0.717, 1.165) is 71.1 Å². The van der Waals surface area contributed by atoms with Crippen molar-refractivity contribution in [2.24, 2.45) is 0 Å². The summed E-state index contributed by atoms with van der Waals surface area (Å²) < 4.78 is 54.0. The van der Waals surface area contributed by atoms with Gasteiger partial charge in [0, 0.05) is 25.1 Å². The van der Waals surface area contributed by atoms with Crippen LogP contribution in [0.25, 0.3) is 0 Å². The van der Waals surface area contributed by atoms with Crippen molar-refractivity contribution in [2.75, 3.05) is 17.1 Å². The number of hydrogen-bond donors (Lipinski definition) is 1. The molecule has 218 valence electrons. The highest BCUT2D eigenvalue weighted by atomic mass is 32.2. The molecule has 0 bridgehead atoms. The first-order valence-corrected chi connectivity index (χ1v) is 15.5. The maximum absolute atomic E-state index is 14.1. The Labute approximate surface area is 240 Å². The zero-order valence-electron chi connectivity index (χ0n) is 23.2. The molecule has 41 heavy (non-hydrogen) atoms. The number of nitrogens with one attached hydrogen (secondary N) is 1. The molecule has 3 aromatic carbocycles. The molecule has 1 N–H and O–H groups in total. The molecule has 1 saturated carbocycles. The van der Waals surface area contributed by atoms with Crippen molar-refractivity contribution in [3.8, 4) is 0 Å². The predicted molar refractivity (Wildman–Crippen MR) is 155 cm³/mol. The van der Waals surface area contributed by atoms with Gasteiger partial charge in [0.1, 0.15) is 12.6 Å². The van der Waals surface area contributed by atoms with Crippen LogP contribution in [0.4, 0.5) is 14.5 Å². The van der Waals surface area contributed by atoms with Crippen molar-refractivity contribution in [1.29, 1.82) is 0 Å². The van der Waals surface area contributed by atoms with Crippen LogP contribution in [-0.4, -0.2) is 50.0 Å². The maximum Gasteiger partial charge on any atom is 0.244 e. The Hall–Kier alpha value is -3.79. The maximum atomic E-state index is 14.1. The standard InChI is InChI=1S/C31H35F2N3O4S/c1-22-12-14-24(15-13-22)20-35(30(37)21-36(41(2,39)40)26-16-17-27(32)28(33)19-26)29(18-23-8-4-3-5-9-23)31(38)34-25-10-6-7-11-25/h3-5,8-9,12-17,19,25,29H,6-7,10-11,18,20-21H2,1-2H3,(H,34,38). The van der Waals surface area contributed by atoms with Gasteiger partial charge in [-0.3, -0.25) is 13.9 Å². The minimum Gasteiger partial charge on any atom is -0.352 e. The van der Waals surface area contributed by atoms with Crippen molar-refractivity contribution in [2.45, 2.75) is 57.7 Å². The molecule has 0 spiro atoms. The number of halogens is 2. The number of aryl methyl sites for hydroxylation is 1. The van der Waals surface area contributed by atoms with Gasteiger partial charge in [0.15, 0.2) is 11.6 Å². The van der Waals surface area contributed by atoms with Crippen LogP contribution in [0.3, 0.4) is 0 Å². The lowest BCUT2D eigenvalue weighted by atomic mass is 10.0. The lowest BCUT2D eigenvalue weighted by molar-refractivity contribution is -0.140. The Morgan fingerprint density at radius 2 is 1.59 bits per heavy atom. The quantitative estimate of drug-likeness (QED) is 0.354. The molecular formula is C31H35F2N3O4S. The summed E-state index contributed by atoms with van der Waals surface area (Å²) in [6.07, 6.45) is 4.83. The van der Waals surface area contributed by atoms with Crippen LogP contribution in [0.2, 0.25) is 0 Å². The minimum absolute atomic E-state index is 0.00630. The Bertz CT molecular complexity index is 1460. The fourth-order valence-corrected chi connectivity index (χ4v) is 5.91. The predicted octanol–water partition coefficient (Wildman–Crippen LogP) is 4.74. The van der Waals surface area contributed by atoms with Crippen molar-refractivity contribution >= 4 is 27.5 Å². The normalized spacial score (nSPS) is 14.4. The van der Waals surface area contributed by atoms with Crippen LogP contribution in [0.5, 0.6) is 0 Å². The first-order chi connectivity index (χ1) is 19.5. The molecule has 1 atom stereocenters. The summed E-state index contributed by atoms with van der Waals surface area (Å²) in [6, 6.07) is 18.5. The number of anilines is 1. The smallest absolute Gasteiger partial charge is 0.244 e. The van der Waals surface area contributed by atoms with E-state index < -0.39 is 40.2 Å². The number of nitrogens with zero attached hydrogens (tertiary/aromatic N) is 2. The molecule has 4 rings (SSSR count). The van der Waals surface area contributed by atoms with Crippen molar-refractivity contribution in [3.63, 3.8) is 0 Å². The second-order valence-electron chi connectivity index (χ2n) is 10.6. The molecule has 1 fully saturated rings. The monoisotopic (exact) mass is 583 g/mol. The fraction of sp³-hybridized carbons (Fsp3) is 0.355. The third-order valence-electron chi connectivity index (χ3n) is 7.32. The number of rotatable bonds is 11. The number of carbonyl (C=O) groups excluding carboxylic acids is 2. The van der Waals surface area contributed by atoms with E-state index in [9.17, 15) is 26.8 Å². The summed E-state index contributed by atoms with van der Waals surface area (Å²) in [5.41, 5.74) is 2.42. The van der Waals surface area contributed by atoms with E-state index in [2.05, 4.69) is 5.32 Å². The van der Waals surface area contributed by atoms with Gasteiger partial charge in [-0.05, 0) is 43.0 Å². The molecule has 10 heteroatoms. The summed E-state index contributed by atoms with van der Waals surface area (Å²) in [4.78, 5) is 29.2. The van der Waals surface area contributed by atoms with Gasteiger partial charge in [-0.15, -0.1) is 0 Å². The topological polar surface area (TPSA) is 86.8 Å². The molecule has 1 aliphatic rings. The van der Waals surface area contributed by atoms with Gasteiger partial charge in [-0.1, -0.05) is 73.0 Å². The molecule has 0 aliphatic heterocycles. The number of amides is 2. The zero-order valence-corrected chi connectivity index (χ0v) is 24.0. The van der Waals surface area contributed by atoms with E-state index in [1.54, 1.807) is 0 Å². The molecule has 3 aromatic rings. The summed E-state index contributed by atoms with van der Waals surface area (Å²) in [5.74, 6) is -3.35. The summed E-state index contributed by atoms with van der Waals surface area (Å²) in [6.45, 7) is 1.29. The molecule has 0 heterocycles. The van der Waals surface area contributed by atoms with Crippen molar-refractivity contribution in [1.82, 2.24) is 10.2 Å². The molecule has 0 radical (unpaired) electrons. The van der Waals surface area contributed by atoms with Crippen molar-refractivity contribution < 1.29 is 26.8 Å². The van der Waals surface area contributed by atoms with E-state index in [1.807, 2.05) is 61.5 Å². The highest BCUT2D eigenvalue weighted by molar-refractivity contribution is 7.92. The molecule has 0 aromatic heterocycles. The van der Waals surface area contributed by atoms with E-state index in [-0.39, 0.29) is 30.6 Å². The van der Waals surface area contributed by atoms with Gasteiger partial charge in [0.2, 0.25) is 21.8 Å². The molecular weight excluding hydrogens is 548 g/mol. The number of sulfonamides is 1. The van der Waals surface area contributed by atoms with Crippen LogP contribution in [0, 0.1) is 18.6 Å². The van der Waals surface area contributed by atoms with Crippen LogP contribution < -0.4 is 9.62 Å². The lowest BCUT2D eigenvalue weighted by Crippen LogP contribution is -2.54. The highest BCUT2D eigenvalue weighted by Crippen LogP contribution is 2.23. The molecule has 1 unspecified atom stereocenters. The van der Waals surface area contributed by atoms with Crippen LogP contribution in [0.15, 0.2) is 72.8 Å². The van der Waals surface area contributed by atoms with Crippen LogP contribution in [-0.2, 0) is 32.6 Å². The Morgan fingerprint density at radius 3 is 2.20 bits per heavy atom. The average Bonchev–Trinajstić information content (AvgIpc) is 3.45. The Kier molecular flexibility index (Phi) is 9.75. The van der Waals surface area contributed by atoms with Gasteiger partial charge >= 0.3 is 0 Å². The minimum atomic E-state index is -4.08. The molecule has 2 amide bonds. The van der Waals surface area contributed by atoms with Gasteiger partial charge in [0.05, 0.1) is 11.9 Å². The van der Waals surface area contributed by atoms with Gasteiger partial charge in [0.25, 0.3) is 0 Å². The molecule has 0 saturated heterocycles. The number of benzene rings is 3. The molecule has 1 aliphatic carbocycles. The largest absolute Gasteiger partial charge is 0.352 e. The van der Waals surface area contributed by atoms with Gasteiger partial charge in [-0.2, -0.15) is 0 Å². The fourth-order valence-electron chi connectivity index (χ4n) is 5.07. The van der Waals surface area contributed by atoms with Crippen LogP contribution in [0.1, 0.15) is 42.4 Å². The van der Waals surface area contributed by atoms with Crippen molar-refractivity contribution in [3.05, 3.63) is 101 Å². The second-order valence-corrected chi connectivity index (χ2v) is 12.5. The second kappa shape index (κ2) is 13.2. The number of carbonyl (C=O) groups is 2. The Balaban J connectivity index is 1.72. The third kappa shape index (κ3) is 8.13. The first kappa shape index (κ1) is 30.2. The number of hydrogen-bond acceptors (Lipinski definition) is 4. The molecule has 7 nitrogen and oxygen atoms in total. The highest BCUT2D eigenvalue weighted by Gasteiger charge is 2.34. The Morgan fingerprint density at radius 1 is 0.927 bits per heavy atom. The van der Waals surface area contributed by atoms with E-state index in [1.165, 1.54) is 4.90 Å². The summed E-state index contributed by atoms with van der Waals surface area (Å²) >= 11 is 0. The lowest BCUT2D eigenvalue weighted by Gasteiger charge is -2.34. The van der Waals surface area contributed by atoms with E-state index in [4.69, 9.17) is 0 Å².